The van der Waals surface area contributed by atoms with Crippen LogP contribution < -0.4 is 5.32 Å². The van der Waals surface area contributed by atoms with Crippen molar-refractivity contribution in [1.29, 1.82) is 0 Å². The van der Waals surface area contributed by atoms with Gasteiger partial charge in [0, 0.05) is 44.7 Å². The first-order valence-corrected chi connectivity index (χ1v) is 8.41. The third-order valence-corrected chi connectivity index (χ3v) is 4.86. The van der Waals surface area contributed by atoms with Gasteiger partial charge in [-0.15, -0.1) is 11.3 Å². The number of urea groups is 1. The second-order valence-electron chi connectivity index (χ2n) is 5.93. The highest BCUT2D eigenvalue weighted by Gasteiger charge is 2.24. The number of thiazole rings is 1. The Morgan fingerprint density at radius 2 is 2.09 bits per heavy atom. The van der Waals surface area contributed by atoms with E-state index in [1.807, 2.05) is 11.8 Å². The monoisotopic (exact) mass is 324 g/mol. The summed E-state index contributed by atoms with van der Waals surface area (Å²) in [6.45, 7) is 3.93. The molecule has 6 nitrogen and oxygen atoms in total. The number of aryl methyl sites for hydroxylation is 1. The number of hydrogen-bond acceptors (Lipinski definition) is 4. The fourth-order valence-corrected chi connectivity index (χ4v) is 3.27. The zero-order valence-electron chi connectivity index (χ0n) is 13.5. The van der Waals surface area contributed by atoms with Gasteiger partial charge in [0.15, 0.2) is 0 Å². The van der Waals surface area contributed by atoms with Gasteiger partial charge in [-0.25, -0.2) is 9.78 Å². The standard InChI is InChI=1S/C15H24N4O2S/c1-11-16-9-13(22-11)10-17-15(21)19-6-4-12(5-7-19)8-14(20)18(2)3/h9,12H,4-8,10H2,1-3H3,(H,17,21). The lowest BCUT2D eigenvalue weighted by molar-refractivity contribution is -0.129. The molecule has 0 aromatic carbocycles. The van der Waals surface area contributed by atoms with Gasteiger partial charge in [-0.3, -0.25) is 4.79 Å². The second kappa shape index (κ2) is 7.58. The van der Waals surface area contributed by atoms with E-state index in [1.54, 1.807) is 36.5 Å². The van der Waals surface area contributed by atoms with Crippen molar-refractivity contribution in [2.24, 2.45) is 5.92 Å². The second-order valence-corrected chi connectivity index (χ2v) is 7.25. The van der Waals surface area contributed by atoms with Crippen LogP contribution in [0.1, 0.15) is 29.1 Å². The molecule has 0 radical (unpaired) electrons. The summed E-state index contributed by atoms with van der Waals surface area (Å²) in [5, 5.41) is 3.95. The number of carbonyl (C=O) groups excluding carboxylic acids is 2. The Morgan fingerprint density at radius 1 is 1.41 bits per heavy atom. The molecule has 1 aliphatic heterocycles. The van der Waals surface area contributed by atoms with Crippen molar-refractivity contribution >= 4 is 23.3 Å². The number of hydrogen-bond donors (Lipinski definition) is 1. The van der Waals surface area contributed by atoms with E-state index < -0.39 is 0 Å². The van der Waals surface area contributed by atoms with Gasteiger partial charge in [0.25, 0.3) is 0 Å². The molecule has 1 N–H and O–H groups in total. The number of nitrogens with one attached hydrogen (secondary N) is 1. The van der Waals surface area contributed by atoms with Crippen LogP contribution in [0.5, 0.6) is 0 Å². The lowest BCUT2D eigenvalue weighted by Crippen LogP contribution is -2.44. The van der Waals surface area contributed by atoms with Crippen molar-refractivity contribution in [3.05, 3.63) is 16.1 Å². The SMILES string of the molecule is Cc1ncc(CNC(=O)N2CCC(CC(=O)N(C)C)CC2)s1. The molecule has 0 spiro atoms. The summed E-state index contributed by atoms with van der Waals surface area (Å²) in [4.78, 5) is 32.6. The zero-order valence-corrected chi connectivity index (χ0v) is 14.3. The Hall–Kier alpha value is -1.63. The van der Waals surface area contributed by atoms with Crippen LogP contribution in [0.15, 0.2) is 6.20 Å². The Kier molecular flexibility index (Phi) is 5.76. The summed E-state index contributed by atoms with van der Waals surface area (Å²) in [6.07, 6.45) is 4.18. The molecule has 2 rings (SSSR count). The minimum Gasteiger partial charge on any atom is -0.349 e. The van der Waals surface area contributed by atoms with Crippen LogP contribution in [0, 0.1) is 12.8 Å². The highest BCUT2D eigenvalue weighted by molar-refractivity contribution is 7.11. The van der Waals surface area contributed by atoms with Gasteiger partial charge in [-0.1, -0.05) is 0 Å². The van der Waals surface area contributed by atoms with Crippen LogP contribution in [0.4, 0.5) is 4.79 Å². The summed E-state index contributed by atoms with van der Waals surface area (Å²) in [7, 11) is 3.57. The molecule has 0 atom stereocenters. The normalized spacial score (nSPS) is 15.7. The first-order valence-electron chi connectivity index (χ1n) is 7.60. The third-order valence-electron chi connectivity index (χ3n) is 3.95. The molecule has 1 aromatic heterocycles. The van der Waals surface area contributed by atoms with Gasteiger partial charge >= 0.3 is 6.03 Å². The molecule has 7 heteroatoms. The minimum absolute atomic E-state index is 0.0246. The minimum atomic E-state index is -0.0246. The van der Waals surface area contributed by atoms with E-state index in [2.05, 4.69) is 10.3 Å². The fourth-order valence-electron chi connectivity index (χ4n) is 2.53. The maximum Gasteiger partial charge on any atom is 0.317 e. The van der Waals surface area contributed by atoms with Crippen LogP contribution in [0.2, 0.25) is 0 Å². The molecule has 2 heterocycles. The first-order chi connectivity index (χ1) is 10.5. The fraction of sp³-hybridized carbons (Fsp3) is 0.667. The van der Waals surface area contributed by atoms with E-state index in [-0.39, 0.29) is 11.9 Å². The van der Waals surface area contributed by atoms with E-state index in [0.29, 0.717) is 18.9 Å². The highest BCUT2D eigenvalue weighted by Crippen LogP contribution is 2.21. The smallest absolute Gasteiger partial charge is 0.317 e. The number of amides is 3. The number of carbonyl (C=O) groups is 2. The first kappa shape index (κ1) is 16.7. The molecule has 1 aromatic rings. The number of piperidine rings is 1. The van der Waals surface area contributed by atoms with Gasteiger partial charge in [0.2, 0.25) is 5.91 Å². The molecule has 3 amide bonds. The maximum atomic E-state index is 12.1. The Balaban J connectivity index is 1.71. The van der Waals surface area contributed by atoms with E-state index in [9.17, 15) is 9.59 Å². The summed E-state index contributed by atoms with van der Waals surface area (Å²) >= 11 is 1.60. The quantitative estimate of drug-likeness (QED) is 0.919. The predicted octanol–water partition coefficient (Wildman–Crippen LogP) is 1.85. The van der Waals surface area contributed by atoms with E-state index in [1.165, 1.54) is 0 Å². The van der Waals surface area contributed by atoms with Crippen LogP contribution in [0.3, 0.4) is 0 Å². The Bertz CT molecular complexity index is 521. The molecule has 1 saturated heterocycles. The predicted molar refractivity (Wildman–Crippen MR) is 86.7 cm³/mol. The van der Waals surface area contributed by atoms with E-state index >= 15 is 0 Å². The van der Waals surface area contributed by atoms with Crippen LogP contribution in [0.25, 0.3) is 0 Å². The Morgan fingerprint density at radius 3 is 2.64 bits per heavy atom. The lowest BCUT2D eigenvalue weighted by atomic mass is 9.93. The zero-order chi connectivity index (χ0) is 16.1. The van der Waals surface area contributed by atoms with Crippen molar-refractivity contribution in [2.45, 2.75) is 32.7 Å². The van der Waals surface area contributed by atoms with Crippen molar-refractivity contribution in [2.75, 3.05) is 27.2 Å². The number of likely N-dealkylation sites (tertiary alicyclic amines) is 1. The summed E-state index contributed by atoms with van der Waals surface area (Å²) in [5.41, 5.74) is 0. The Labute approximate surface area is 135 Å². The molecule has 0 bridgehead atoms. The van der Waals surface area contributed by atoms with Crippen molar-refractivity contribution in [3.63, 3.8) is 0 Å². The third kappa shape index (κ3) is 4.69. The van der Waals surface area contributed by atoms with E-state index in [4.69, 9.17) is 0 Å². The van der Waals surface area contributed by atoms with E-state index in [0.717, 1.165) is 35.8 Å². The lowest BCUT2D eigenvalue weighted by Gasteiger charge is -2.32. The van der Waals surface area contributed by atoms with Gasteiger partial charge in [-0.2, -0.15) is 0 Å². The molecule has 0 aliphatic carbocycles. The average molecular weight is 324 g/mol. The van der Waals surface area contributed by atoms with Crippen molar-refractivity contribution in [3.8, 4) is 0 Å². The molecule has 0 unspecified atom stereocenters. The van der Waals surface area contributed by atoms with Crippen LogP contribution >= 0.6 is 11.3 Å². The van der Waals surface area contributed by atoms with Crippen LogP contribution in [-0.2, 0) is 11.3 Å². The summed E-state index contributed by atoms with van der Waals surface area (Å²) in [6, 6.07) is -0.0246. The average Bonchev–Trinajstić information content (AvgIpc) is 2.91. The van der Waals surface area contributed by atoms with Gasteiger partial charge in [0.1, 0.15) is 0 Å². The largest absolute Gasteiger partial charge is 0.349 e. The molecule has 0 saturated carbocycles. The molecule has 122 valence electrons. The molecular formula is C15H24N4O2S. The van der Waals surface area contributed by atoms with Gasteiger partial charge < -0.3 is 15.1 Å². The molecular weight excluding hydrogens is 300 g/mol. The van der Waals surface area contributed by atoms with Gasteiger partial charge in [-0.05, 0) is 25.7 Å². The molecule has 1 fully saturated rings. The van der Waals surface area contributed by atoms with Crippen molar-refractivity contribution in [1.82, 2.24) is 20.1 Å². The van der Waals surface area contributed by atoms with Gasteiger partial charge in [0.05, 0.1) is 11.6 Å². The number of aromatic nitrogens is 1. The number of rotatable bonds is 4. The van der Waals surface area contributed by atoms with Crippen molar-refractivity contribution < 1.29 is 9.59 Å². The molecule has 22 heavy (non-hydrogen) atoms. The maximum absolute atomic E-state index is 12.1. The summed E-state index contributed by atoms with van der Waals surface area (Å²) < 4.78 is 0. The molecule has 1 aliphatic rings. The summed E-state index contributed by atoms with van der Waals surface area (Å²) in [5.74, 6) is 0.562. The highest BCUT2D eigenvalue weighted by atomic mass is 32.1. The number of nitrogens with zero attached hydrogens (tertiary/aromatic N) is 3. The van der Waals surface area contributed by atoms with Crippen LogP contribution in [-0.4, -0.2) is 53.9 Å². The topological polar surface area (TPSA) is 65.5 Å².